The van der Waals surface area contributed by atoms with Crippen LogP contribution in [-0.4, -0.2) is 41.5 Å². The quantitative estimate of drug-likeness (QED) is 0.875. The van der Waals surface area contributed by atoms with Gasteiger partial charge in [0.15, 0.2) is 0 Å². The van der Waals surface area contributed by atoms with Crippen LogP contribution in [0.5, 0.6) is 0 Å². The first kappa shape index (κ1) is 17.1. The van der Waals surface area contributed by atoms with Crippen LogP contribution in [-0.2, 0) is 13.0 Å². The van der Waals surface area contributed by atoms with Crippen LogP contribution in [0.15, 0.2) is 42.5 Å². The second kappa shape index (κ2) is 7.44. The number of halogens is 1. The van der Waals surface area contributed by atoms with Gasteiger partial charge in [-0.15, -0.1) is 0 Å². The summed E-state index contributed by atoms with van der Waals surface area (Å²) in [5.41, 5.74) is 2.34. The van der Waals surface area contributed by atoms with E-state index in [0.29, 0.717) is 13.1 Å². The summed E-state index contributed by atoms with van der Waals surface area (Å²) in [6, 6.07) is 11.6. The smallest absolute Gasteiger partial charge is 0.335 e. The average Bonchev–Trinajstić information content (AvgIpc) is 2.61. The minimum atomic E-state index is -1.23. The minimum absolute atomic E-state index is 0.144. The first-order valence-corrected chi connectivity index (χ1v) is 8.15. The van der Waals surface area contributed by atoms with Crippen molar-refractivity contribution in [3.63, 3.8) is 0 Å². The van der Waals surface area contributed by atoms with Gasteiger partial charge in [-0.05, 0) is 35.7 Å². The molecule has 1 amide bonds. The third kappa shape index (κ3) is 4.03. The van der Waals surface area contributed by atoms with Crippen LogP contribution >= 0.6 is 0 Å². The van der Waals surface area contributed by atoms with E-state index in [9.17, 15) is 14.0 Å². The fourth-order valence-corrected chi connectivity index (χ4v) is 3.00. The summed E-state index contributed by atoms with van der Waals surface area (Å²) in [4.78, 5) is 25.1. The van der Waals surface area contributed by atoms with Crippen molar-refractivity contribution in [2.75, 3.05) is 19.6 Å². The van der Waals surface area contributed by atoms with Gasteiger partial charge in [-0.2, -0.15) is 0 Å². The lowest BCUT2D eigenvalue weighted by Gasteiger charge is -2.28. The monoisotopic (exact) mass is 342 g/mol. The SMILES string of the molecule is O=C(O)c1ccc(C(=O)NCCN2CCc3ccccc3C2)c(F)c1. The second-order valence-electron chi connectivity index (χ2n) is 6.05. The van der Waals surface area contributed by atoms with Gasteiger partial charge in [0.05, 0.1) is 11.1 Å². The van der Waals surface area contributed by atoms with E-state index >= 15 is 0 Å². The molecule has 0 unspecified atom stereocenters. The fourth-order valence-electron chi connectivity index (χ4n) is 3.00. The number of fused-ring (bicyclic) bond motifs is 1. The zero-order valence-electron chi connectivity index (χ0n) is 13.7. The van der Waals surface area contributed by atoms with Crippen molar-refractivity contribution < 1.29 is 19.1 Å². The predicted octanol–water partition coefficient (Wildman–Crippen LogP) is 2.31. The Balaban J connectivity index is 1.53. The fraction of sp³-hybridized carbons (Fsp3) is 0.263. The summed E-state index contributed by atoms with van der Waals surface area (Å²) in [5, 5.41) is 11.5. The molecule has 6 heteroatoms. The number of carboxylic acids is 1. The van der Waals surface area contributed by atoms with Gasteiger partial charge in [0.25, 0.3) is 5.91 Å². The third-order valence-corrected chi connectivity index (χ3v) is 4.38. The Kier molecular flexibility index (Phi) is 5.09. The van der Waals surface area contributed by atoms with E-state index in [2.05, 4.69) is 22.3 Å². The van der Waals surface area contributed by atoms with E-state index in [-0.39, 0.29) is 11.1 Å². The first-order valence-electron chi connectivity index (χ1n) is 8.15. The van der Waals surface area contributed by atoms with Crippen LogP contribution in [0.2, 0.25) is 0 Å². The molecule has 0 spiro atoms. The highest BCUT2D eigenvalue weighted by atomic mass is 19.1. The summed E-state index contributed by atoms with van der Waals surface area (Å²) in [6.07, 6.45) is 0.982. The molecular weight excluding hydrogens is 323 g/mol. The van der Waals surface area contributed by atoms with Gasteiger partial charge in [-0.3, -0.25) is 9.69 Å². The predicted molar refractivity (Wildman–Crippen MR) is 91.1 cm³/mol. The summed E-state index contributed by atoms with van der Waals surface area (Å²) in [7, 11) is 0. The standard InChI is InChI=1S/C19H19FN2O3/c20-17-11-14(19(24)25)5-6-16(17)18(23)21-8-10-22-9-7-13-3-1-2-4-15(13)12-22/h1-6,11H,7-10,12H2,(H,21,23)(H,24,25). The van der Waals surface area contributed by atoms with E-state index in [1.165, 1.54) is 23.3 Å². The molecule has 1 aliphatic heterocycles. The average molecular weight is 342 g/mol. The highest BCUT2D eigenvalue weighted by Gasteiger charge is 2.17. The number of benzene rings is 2. The normalized spacial score (nSPS) is 14.0. The molecule has 0 fully saturated rings. The van der Waals surface area contributed by atoms with Crippen LogP contribution in [0.3, 0.4) is 0 Å². The summed E-state index contributed by atoms with van der Waals surface area (Å²) in [5.74, 6) is -2.59. The number of carboxylic acid groups (broad SMARTS) is 1. The van der Waals surface area contributed by atoms with Crippen LogP contribution in [0.4, 0.5) is 4.39 Å². The van der Waals surface area contributed by atoms with E-state index in [1.54, 1.807) is 0 Å². The molecule has 2 aromatic carbocycles. The van der Waals surface area contributed by atoms with Crippen molar-refractivity contribution in [1.29, 1.82) is 0 Å². The molecule has 0 saturated heterocycles. The van der Waals surface area contributed by atoms with Crippen molar-refractivity contribution in [3.05, 3.63) is 70.5 Å². The molecule has 0 aliphatic carbocycles. The van der Waals surface area contributed by atoms with E-state index in [0.717, 1.165) is 25.6 Å². The Morgan fingerprint density at radius 1 is 1.16 bits per heavy atom. The molecule has 0 saturated carbocycles. The highest BCUT2D eigenvalue weighted by molar-refractivity contribution is 5.96. The van der Waals surface area contributed by atoms with Crippen molar-refractivity contribution >= 4 is 11.9 Å². The van der Waals surface area contributed by atoms with Crippen molar-refractivity contribution in [2.24, 2.45) is 0 Å². The van der Waals surface area contributed by atoms with E-state index in [4.69, 9.17) is 5.11 Å². The Labute approximate surface area is 145 Å². The lowest BCUT2D eigenvalue weighted by Crippen LogP contribution is -2.38. The Hall–Kier alpha value is -2.73. The molecule has 0 radical (unpaired) electrons. The third-order valence-electron chi connectivity index (χ3n) is 4.38. The van der Waals surface area contributed by atoms with Crippen LogP contribution in [0.25, 0.3) is 0 Å². The van der Waals surface area contributed by atoms with Gasteiger partial charge in [0.1, 0.15) is 5.82 Å². The number of nitrogens with one attached hydrogen (secondary N) is 1. The maximum absolute atomic E-state index is 13.9. The van der Waals surface area contributed by atoms with E-state index < -0.39 is 17.7 Å². The van der Waals surface area contributed by atoms with Gasteiger partial charge in [-0.1, -0.05) is 24.3 Å². The number of nitrogens with zero attached hydrogens (tertiary/aromatic N) is 1. The topological polar surface area (TPSA) is 69.6 Å². The lowest BCUT2D eigenvalue weighted by molar-refractivity contribution is 0.0695. The molecule has 3 rings (SSSR count). The molecular formula is C19H19FN2O3. The van der Waals surface area contributed by atoms with Crippen molar-refractivity contribution in [1.82, 2.24) is 10.2 Å². The molecule has 0 aromatic heterocycles. The number of carbonyl (C=O) groups excluding carboxylic acids is 1. The van der Waals surface area contributed by atoms with Gasteiger partial charge in [-0.25, -0.2) is 9.18 Å². The number of hydrogen-bond acceptors (Lipinski definition) is 3. The van der Waals surface area contributed by atoms with Crippen molar-refractivity contribution in [2.45, 2.75) is 13.0 Å². The minimum Gasteiger partial charge on any atom is -0.478 e. The van der Waals surface area contributed by atoms with Crippen molar-refractivity contribution in [3.8, 4) is 0 Å². The van der Waals surface area contributed by atoms with Crippen LogP contribution < -0.4 is 5.32 Å². The molecule has 25 heavy (non-hydrogen) atoms. The maximum Gasteiger partial charge on any atom is 0.335 e. The highest BCUT2D eigenvalue weighted by Crippen LogP contribution is 2.17. The zero-order valence-corrected chi connectivity index (χ0v) is 13.7. The Morgan fingerprint density at radius 3 is 2.64 bits per heavy atom. The van der Waals surface area contributed by atoms with Gasteiger partial charge >= 0.3 is 5.97 Å². The Bertz CT molecular complexity index is 807. The maximum atomic E-state index is 13.9. The second-order valence-corrected chi connectivity index (χ2v) is 6.05. The number of amides is 1. The molecule has 0 atom stereocenters. The lowest BCUT2D eigenvalue weighted by atomic mass is 10.00. The molecule has 1 aliphatic rings. The Morgan fingerprint density at radius 2 is 1.92 bits per heavy atom. The van der Waals surface area contributed by atoms with Gasteiger partial charge < -0.3 is 10.4 Å². The number of hydrogen-bond donors (Lipinski definition) is 2. The summed E-state index contributed by atoms with van der Waals surface area (Å²) < 4.78 is 13.9. The molecule has 2 N–H and O–H groups in total. The van der Waals surface area contributed by atoms with Gasteiger partial charge in [0.2, 0.25) is 0 Å². The van der Waals surface area contributed by atoms with Crippen LogP contribution in [0.1, 0.15) is 31.8 Å². The molecule has 2 aromatic rings. The van der Waals surface area contributed by atoms with Gasteiger partial charge in [0, 0.05) is 26.2 Å². The number of aromatic carboxylic acids is 1. The molecule has 0 bridgehead atoms. The number of carbonyl (C=O) groups is 2. The summed E-state index contributed by atoms with van der Waals surface area (Å²) >= 11 is 0. The molecule has 130 valence electrons. The zero-order chi connectivity index (χ0) is 17.8. The molecule has 5 nitrogen and oxygen atoms in total. The molecule has 1 heterocycles. The number of rotatable bonds is 5. The van der Waals surface area contributed by atoms with E-state index in [1.807, 2.05) is 12.1 Å². The first-order chi connectivity index (χ1) is 12.0. The largest absolute Gasteiger partial charge is 0.478 e. The summed E-state index contributed by atoms with van der Waals surface area (Å²) in [6.45, 7) is 2.85. The van der Waals surface area contributed by atoms with Crippen LogP contribution in [0, 0.1) is 5.82 Å².